The lowest BCUT2D eigenvalue weighted by Gasteiger charge is -2.21. The summed E-state index contributed by atoms with van der Waals surface area (Å²) in [6, 6.07) is 9.52. The average molecular weight is 258 g/mol. The Morgan fingerprint density at radius 3 is 2.84 bits per heavy atom. The van der Waals surface area contributed by atoms with Crippen LogP contribution in [0.25, 0.3) is 12.2 Å². The first-order chi connectivity index (χ1) is 9.22. The van der Waals surface area contributed by atoms with Crippen LogP contribution >= 0.6 is 0 Å². The molecule has 1 aromatic heterocycles. The molecule has 2 atom stereocenters. The van der Waals surface area contributed by atoms with Crippen molar-refractivity contribution < 1.29 is 4.39 Å². The number of fused-ring (bicyclic) bond motifs is 1. The van der Waals surface area contributed by atoms with Gasteiger partial charge in [-0.2, -0.15) is 5.10 Å². The first kappa shape index (κ1) is 12.0. The molecule has 0 saturated heterocycles. The molecule has 1 aliphatic heterocycles. The molecule has 4 nitrogen and oxygen atoms in total. The van der Waals surface area contributed by atoms with Crippen LogP contribution in [0.1, 0.15) is 29.7 Å². The maximum atomic E-state index is 13.4. The molecule has 0 spiro atoms. The zero-order valence-electron chi connectivity index (χ0n) is 10.4. The number of nitrogens with two attached hydrogens (primary N) is 1. The van der Waals surface area contributed by atoms with Gasteiger partial charge in [0.25, 0.3) is 0 Å². The van der Waals surface area contributed by atoms with Gasteiger partial charge in [-0.3, -0.25) is 0 Å². The minimum absolute atomic E-state index is 0.245. The molecule has 1 aromatic carbocycles. The van der Waals surface area contributed by atoms with Crippen molar-refractivity contribution in [1.29, 1.82) is 0 Å². The van der Waals surface area contributed by atoms with Gasteiger partial charge in [-0.05, 0) is 11.6 Å². The first-order valence-electron chi connectivity index (χ1n) is 6.30. The van der Waals surface area contributed by atoms with Crippen LogP contribution in [-0.2, 0) is 6.54 Å². The molecular weight excluding hydrogens is 243 g/mol. The summed E-state index contributed by atoms with van der Waals surface area (Å²) in [5.74, 6) is 1.24. The highest BCUT2D eigenvalue weighted by Crippen LogP contribution is 2.23. The minimum atomic E-state index is -0.935. The van der Waals surface area contributed by atoms with Crippen LogP contribution in [-0.4, -0.2) is 20.9 Å². The molecule has 0 radical (unpaired) electrons. The number of aromatic nitrogens is 3. The molecule has 1 aliphatic rings. The van der Waals surface area contributed by atoms with E-state index in [1.807, 2.05) is 42.5 Å². The van der Waals surface area contributed by atoms with Crippen molar-refractivity contribution in [3.63, 3.8) is 0 Å². The van der Waals surface area contributed by atoms with Crippen molar-refractivity contribution in [3.05, 3.63) is 47.5 Å². The molecule has 2 aromatic rings. The van der Waals surface area contributed by atoms with Gasteiger partial charge in [-0.15, -0.1) is 0 Å². The van der Waals surface area contributed by atoms with Crippen molar-refractivity contribution in [2.75, 3.05) is 0 Å². The molecule has 5 heteroatoms. The van der Waals surface area contributed by atoms with Gasteiger partial charge in [0, 0.05) is 6.42 Å². The standard InChI is InChI=1S/C14H15FN4/c15-11-8-12(16)14-17-13(18-19(14)9-11)7-6-10-4-2-1-3-5-10/h1-7,11-12H,8-9,16H2/b7-6+. The molecule has 0 saturated carbocycles. The monoisotopic (exact) mass is 258 g/mol. The Kier molecular flexibility index (Phi) is 3.13. The van der Waals surface area contributed by atoms with Gasteiger partial charge in [0.05, 0.1) is 12.6 Å². The van der Waals surface area contributed by atoms with E-state index >= 15 is 0 Å². The summed E-state index contributed by atoms with van der Waals surface area (Å²) >= 11 is 0. The largest absolute Gasteiger partial charge is 0.321 e. The van der Waals surface area contributed by atoms with Gasteiger partial charge < -0.3 is 5.73 Å². The number of hydrogen-bond acceptors (Lipinski definition) is 3. The average Bonchev–Trinajstić information content (AvgIpc) is 2.81. The Morgan fingerprint density at radius 1 is 1.26 bits per heavy atom. The van der Waals surface area contributed by atoms with E-state index in [0.29, 0.717) is 18.1 Å². The smallest absolute Gasteiger partial charge is 0.174 e. The fraction of sp³-hybridized carbons (Fsp3) is 0.286. The minimum Gasteiger partial charge on any atom is -0.321 e. The molecule has 98 valence electrons. The predicted molar refractivity (Wildman–Crippen MR) is 71.8 cm³/mol. The van der Waals surface area contributed by atoms with Crippen LogP contribution in [0.15, 0.2) is 30.3 Å². The molecule has 2 unspecified atom stereocenters. The van der Waals surface area contributed by atoms with Crippen molar-refractivity contribution in [2.24, 2.45) is 5.73 Å². The molecule has 2 heterocycles. The van der Waals surface area contributed by atoms with Crippen LogP contribution in [0.3, 0.4) is 0 Å². The summed E-state index contributed by atoms with van der Waals surface area (Å²) in [7, 11) is 0. The van der Waals surface area contributed by atoms with E-state index in [-0.39, 0.29) is 12.6 Å². The number of alkyl halides is 1. The van der Waals surface area contributed by atoms with E-state index in [4.69, 9.17) is 5.73 Å². The molecule has 0 amide bonds. The Hall–Kier alpha value is -2.01. The van der Waals surface area contributed by atoms with E-state index in [1.165, 1.54) is 0 Å². The number of hydrogen-bond donors (Lipinski definition) is 1. The Labute approximate surface area is 110 Å². The van der Waals surface area contributed by atoms with Crippen LogP contribution in [0.5, 0.6) is 0 Å². The summed E-state index contributed by atoms with van der Waals surface area (Å²) in [5, 5.41) is 4.27. The molecule has 3 rings (SSSR count). The normalized spacial score (nSPS) is 22.6. The van der Waals surface area contributed by atoms with Gasteiger partial charge in [-0.1, -0.05) is 36.4 Å². The number of rotatable bonds is 2. The third-order valence-electron chi connectivity index (χ3n) is 3.15. The van der Waals surface area contributed by atoms with E-state index < -0.39 is 6.17 Å². The third kappa shape index (κ3) is 2.56. The van der Waals surface area contributed by atoms with Crippen LogP contribution < -0.4 is 5.73 Å². The van der Waals surface area contributed by atoms with E-state index in [0.717, 1.165) is 5.56 Å². The SMILES string of the molecule is NC1CC(F)Cn2nc(/C=C/c3ccccc3)nc21. The second kappa shape index (κ2) is 4.93. The lowest BCUT2D eigenvalue weighted by molar-refractivity contribution is 0.220. The summed E-state index contributed by atoms with van der Waals surface area (Å²) in [6.07, 6.45) is 3.14. The molecule has 2 N–H and O–H groups in total. The van der Waals surface area contributed by atoms with Gasteiger partial charge in [-0.25, -0.2) is 14.1 Å². The topological polar surface area (TPSA) is 56.7 Å². The van der Waals surface area contributed by atoms with Crippen molar-refractivity contribution >= 4 is 12.2 Å². The summed E-state index contributed by atoms with van der Waals surface area (Å²) in [6.45, 7) is 0.245. The van der Waals surface area contributed by atoms with E-state index in [1.54, 1.807) is 4.68 Å². The highest BCUT2D eigenvalue weighted by atomic mass is 19.1. The summed E-state index contributed by atoms with van der Waals surface area (Å²) < 4.78 is 15.0. The predicted octanol–water partition coefficient (Wildman–Crippen LogP) is 2.19. The fourth-order valence-electron chi connectivity index (χ4n) is 2.23. The lowest BCUT2D eigenvalue weighted by Crippen LogP contribution is -2.30. The molecule has 0 bridgehead atoms. The first-order valence-corrected chi connectivity index (χ1v) is 6.30. The molecule has 19 heavy (non-hydrogen) atoms. The Morgan fingerprint density at radius 2 is 2.05 bits per heavy atom. The summed E-state index contributed by atoms with van der Waals surface area (Å²) in [4.78, 5) is 4.35. The number of nitrogens with zero attached hydrogens (tertiary/aromatic N) is 3. The second-order valence-electron chi connectivity index (χ2n) is 4.69. The molecule has 0 aliphatic carbocycles. The van der Waals surface area contributed by atoms with Crippen LogP contribution in [0, 0.1) is 0 Å². The van der Waals surface area contributed by atoms with Crippen LogP contribution in [0.2, 0.25) is 0 Å². The van der Waals surface area contributed by atoms with Crippen molar-refractivity contribution in [3.8, 4) is 0 Å². The van der Waals surface area contributed by atoms with Gasteiger partial charge in [0.2, 0.25) is 0 Å². The van der Waals surface area contributed by atoms with Crippen LogP contribution in [0.4, 0.5) is 4.39 Å². The highest BCUT2D eigenvalue weighted by Gasteiger charge is 2.26. The van der Waals surface area contributed by atoms with Gasteiger partial charge in [0.15, 0.2) is 5.82 Å². The fourth-order valence-corrected chi connectivity index (χ4v) is 2.23. The lowest BCUT2D eigenvalue weighted by atomic mass is 10.1. The van der Waals surface area contributed by atoms with Gasteiger partial charge >= 0.3 is 0 Å². The maximum absolute atomic E-state index is 13.4. The summed E-state index contributed by atoms with van der Waals surface area (Å²) in [5.41, 5.74) is 6.94. The Balaban J connectivity index is 1.84. The van der Waals surface area contributed by atoms with Gasteiger partial charge in [0.1, 0.15) is 12.0 Å². The molecular formula is C14H15FN4. The zero-order chi connectivity index (χ0) is 13.2. The number of benzene rings is 1. The highest BCUT2D eigenvalue weighted by molar-refractivity contribution is 5.66. The van der Waals surface area contributed by atoms with Crippen molar-refractivity contribution in [2.45, 2.75) is 25.2 Å². The molecule has 0 fully saturated rings. The number of halogens is 1. The Bertz CT molecular complexity index is 591. The van der Waals surface area contributed by atoms with E-state index in [2.05, 4.69) is 10.1 Å². The third-order valence-corrected chi connectivity index (χ3v) is 3.15. The second-order valence-corrected chi connectivity index (χ2v) is 4.69. The zero-order valence-corrected chi connectivity index (χ0v) is 10.4. The maximum Gasteiger partial charge on any atom is 0.174 e. The van der Waals surface area contributed by atoms with E-state index in [9.17, 15) is 4.39 Å². The quantitative estimate of drug-likeness (QED) is 0.898. The van der Waals surface area contributed by atoms with Crippen molar-refractivity contribution in [1.82, 2.24) is 14.8 Å².